The van der Waals surface area contributed by atoms with E-state index >= 15 is 0 Å². The number of carbonyl (C=O) groups is 2. The zero-order valence-corrected chi connectivity index (χ0v) is 19.1. The van der Waals surface area contributed by atoms with Gasteiger partial charge in [0.1, 0.15) is 0 Å². The Morgan fingerprint density at radius 1 is 1.09 bits per heavy atom. The highest BCUT2D eigenvalue weighted by Crippen LogP contribution is 2.23. The van der Waals surface area contributed by atoms with E-state index in [9.17, 15) is 9.59 Å². The van der Waals surface area contributed by atoms with Crippen LogP contribution >= 0.6 is 11.8 Å². The van der Waals surface area contributed by atoms with Crippen molar-refractivity contribution in [1.82, 2.24) is 19.7 Å². The quantitative estimate of drug-likeness (QED) is 0.620. The summed E-state index contributed by atoms with van der Waals surface area (Å²) in [4.78, 5) is 31.8. The Bertz CT molecular complexity index is 1070. The minimum Gasteiger partial charge on any atom is -0.341 e. The summed E-state index contributed by atoms with van der Waals surface area (Å²) < 4.78 is 1.72. The number of pyridine rings is 1. The number of nitrogens with one attached hydrogen (secondary N) is 1. The van der Waals surface area contributed by atoms with Gasteiger partial charge in [0.25, 0.3) is 5.91 Å². The minimum absolute atomic E-state index is 0.0850. The predicted molar refractivity (Wildman–Crippen MR) is 127 cm³/mol. The molecule has 3 heterocycles. The molecule has 0 aliphatic carbocycles. The van der Waals surface area contributed by atoms with Gasteiger partial charge in [0.2, 0.25) is 5.91 Å². The van der Waals surface area contributed by atoms with Gasteiger partial charge in [-0.05, 0) is 35.7 Å². The highest BCUT2D eigenvalue weighted by molar-refractivity contribution is 7.99. The number of hydrogen-bond donors (Lipinski definition) is 1. The number of hydrogen-bond acceptors (Lipinski definition) is 5. The molecular formula is C24H27N5O2S. The molecule has 0 spiro atoms. The first kappa shape index (κ1) is 22.1. The molecule has 0 radical (unpaired) electrons. The number of aromatic nitrogens is 3. The molecule has 0 saturated carbocycles. The zero-order chi connectivity index (χ0) is 22.5. The molecule has 3 aromatic rings. The molecule has 0 bridgehead atoms. The molecule has 1 aliphatic rings. The molecule has 1 aliphatic heterocycles. The second kappa shape index (κ2) is 9.99. The third-order valence-corrected chi connectivity index (χ3v) is 6.34. The smallest absolute Gasteiger partial charge is 0.259 e. The second-order valence-corrected chi connectivity index (χ2v) is 9.24. The summed E-state index contributed by atoms with van der Waals surface area (Å²) in [5.41, 5.74) is 2.95. The molecule has 2 amide bonds. The van der Waals surface area contributed by atoms with Crippen LogP contribution in [0.2, 0.25) is 0 Å². The van der Waals surface area contributed by atoms with Crippen molar-refractivity contribution in [3.8, 4) is 5.82 Å². The van der Waals surface area contributed by atoms with Crippen molar-refractivity contribution in [2.24, 2.45) is 0 Å². The van der Waals surface area contributed by atoms with Crippen molar-refractivity contribution in [3.63, 3.8) is 0 Å². The van der Waals surface area contributed by atoms with Crippen LogP contribution in [0.1, 0.15) is 41.4 Å². The molecule has 32 heavy (non-hydrogen) atoms. The lowest BCUT2D eigenvalue weighted by Gasteiger charge is -2.26. The Morgan fingerprint density at radius 2 is 1.84 bits per heavy atom. The van der Waals surface area contributed by atoms with Gasteiger partial charge in [-0.25, -0.2) is 9.67 Å². The lowest BCUT2D eigenvalue weighted by molar-refractivity contribution is -0.130. The fraction of sp³-hybridized carbons (Fsp3) is 0.333. The number of thioether (sulfide) groups is 1. The summed E-state index contributed by atoms with van der Waals surface area (Å²) in [7, 11) is 0. The summed E-state index contributed by atoms with van der Waals surface area (Å²) in [6, 6.07) is 13.1. The molecule has 1 N–H and O–H groups in total. The standard InChI is InChI=1S/C24H27N5O2S/c1-17(2)23-20(16-26-29(23)21-5-3-4-10-25-21)24(31)27-19-8-6-18(7-9-19)15-22(30)28-11-13-32-14-12-28/h3-10,16-17H,11-15H2,1-2H3,(H,27,31). The third kappa shape index (κ3) is 5.02. The van der Waals surface area contributed by atoms with Crippen molar-refractivity contribution in [2.45, 2.75) is 26.2 Å². The van der Waals surface area contributed by atoms with Crippen LogP contribution in [0.3, 0.4) is 0 Å². The molecule has 1 saturated heterocycles. The summed E-state index contributed by atoms with van der Waals surface area (Å²) >= 11 is 1.89. The highest BCUT2D eigenvalue weighted by atomic mass is 32.2. The van der Waals surface area contributed by atoms with Crippen molar-refractivity contribution >= 4 is 29.3 Å². The summed E-state index contributed by atoms with van der Waals surface area (Å²) in [5, 5.41) is 7.36. The maximum absolute atomic E-state index is 13.0. The van der Waals surface area contributed by atoms with Crippen LogP contribution in [0.5, 0.6) is 0 Å². The first-order valence-electron chi connectivity index (χ1n) is 10.8. The van der Waals surface area contributed by atoms with Gasteiger partial charge in [0.15, 0.2) is 5.82 Å². The number of anilines is 1. The molecule has 166 valence electrons. The Morgan fingerprint density at radius 3 is 2.50 bits per heavy atom. The zero-order valence-electron chi connectivity index (χ0n) is 18.3. The summed E-state index contributed by atoms with van der Waals surface area (Å²) in [5.74, 6) is 2.72. The SMILES string of the molecule is CC(C)c1c(C(=O)Nc2ccc(CC(=O)N3CCSCC3)cc2)cnn1-c1ccccn1. The van der Waals surface area contributed by atoms with E-state index in [4.69, 9.17) is 0 Å². The van der Waals surface area contributed by atoms with E-state index in [1.54, 1.807) is 17.1 Å². The normalized spacial score (nSPS) is 13.9. The molecule has 4 rings (SSSR count). The fourth-order valence-corrected chi connectivity index (χ4v) is 4.66. The molecule has 7 nitrogen and oxygen atoms in total. The number of benzene rings is 1. The van der Waals surface area contributed by atoms with Gasteiger partial charge in [0, 0.05) is 36.5 Å². The van der Waals surface area contributed by atoms with Crippen LogP contribution in [0.4, 0.5) is 5.69 Å². The fourth-order valence-electron chi connectivity index (χ4n) is 3.75. The van der Waals surface area contributed by atoms with Crippen molar-refractivity contribution in [2.75, 3.05) is 29.9 Å². The largest absolute Gasteiger partial charge is 0.341 e. The lowest BCUT2D eigenvalue weighted by atomic mass is 10.0. The van der Waals surface area contributed by atoms with E-state index in [0.717, 1.165) is 35.9 Å². The summed E-state index contributed by atoms with van der Waals surface area (Å²) in [6.45, 7) is 5.70. The van der Waals surface area contributed by atoms with Gasteiger partial charge in [0.05, 0.1) is 23.9 Å². The molecule has 2 aromatic heterocycles. The van der Waals surface area contributed by atoms with Crippen LogP contribution < -0.4 is 5.32 Å². The van der Waals surface area contributed by atoms with Crippen molar-refractivity contribution in [3.05, 3.63) is 71.7 Å². The molecule has 1 fully saturated rings. The van der Waals surface area contributed by atoms with Crippen LogP contribution in [0.25, 0.3) is 5.82 Å². The van der Waals surface area contributed by atoms with Gasteiger partial charge in [-0.15, -0.1) is 0 Å². The third-order valence-electron chi connectivity index (χ3n) is 5.40. The monoisotopic (exact) mass is 449 g/mol. The Hall–Kier alpha value is -3.13. The van der Waals surface area contributed by atoms with Crippen LogP contribution in [-0.2, 0) is 11.2 Å². The number of nitrogens with zero attached hydrogens (tertiary/aromatic N) is 4. The van der Waals surface area contributed by atoms with E-state index in [1.807, 2.05) is 73.0 Å². The van der Waals surface area contributed by atoms with Crippen LogP contribution in [0, 0.1) is 0 Å². The topological polar surface area (TPSA) is 80.1 Å². The van der Waals surface area contributed by atoms with Gasteiger partial charge >= 0.3 is 0 Å². The molecule has 1 aromatic carbocycles. The Labute approximate surface area is 192 Å². The molecule has 0 atom stereocenters. The second-order valence-electron chi connectivity index (χ2n) is 8.02. The van der Waals surface area contributed by atoms with Crippen molar-refractivity contribution < 1.29 is 9.59 Å². The van der Waals surface area contributed by atoms with Gasteiger partial charge in [-0.3, -0.25) is 9.59 Å². The predicted octanol–water partition coefficient (Wildman–Crippen LogP) is 3.76. The maximum atomic E-state index is 13.0. The Kier molecular flexibility index (Phi) is 6.90. The number of amides is 2. The summed E-state index contributed by atoms with van der Waals surface area (Å²) in [6.07, 6.45) is 3.67. The van der Waals surface area contributed by atoms with E-state index in [-0.39, 0.29) is 17.7 Å². The van der Waals surface area contributed by atoms with Gasteiger partial charge in [-0.2, -0.15) is 16.9 Å². The van der Waals surface area contributed by atoms with E-state index in [0.29, 0.717) is 23.5 Å². The molecule has 0 unspecified atom stereocenters. The minimum atomic E-state index is -0.217. The Balaban J connectivity index is 1.45. The van der Waals surface area contributed by atoms with Crippen molar-refractivity contribution in [1.29, 1.82) is 0 Å². The van der Waals surface area contributed by atoms with Crippen LogP contribution in [0.15, 0.2) is 54.9 Å². The van der Waals surface area contributed by atoms with Gasteiger partial charge in [-0.1, -0.05) is 32.0 Å². The molecular weight excluding hydrogens is 422 g/mol. The maximum Gasteiger partial charge on any atom is 0.259 e. The van der Waals surface area contributed by atoms with E-state index in [2.05, 4.69) is 15.4 Å². The molecule has 8 heteroatoms. The highest BCUT2D eigenvalue weighted by Gasteiger charge is 2.22. The first-order valence-corrected chi connectivity index (χ1v) is 11.9. The van der Waals surface area contributed by atoms with Gasteiger partial charge < -0.3 is 10.2 Å². The number of carbonyl (C=O) groups excluding carboxylic acids is 2. The lowest BCUT2D eigenvalue weighted by Crippen LogP contribution is -2.38. The average Bonchev–Trinajstić information content (AvgIpc) is 3.27. The first-order chi connectivity index (χ1) is 15.5. The van der Waals surface area contributed by atoms with E-state index < -0.39 is 0 Å². The van der Waals surface area contributed by atoms with E-state index in [1.165, 1.54) is 0 Å². The van der Waals surface area contributed by atoms with Crippen LogP contribution in [-0.4, -0.2) is 56.1 Å². The number of rotatable bonds is 6. The average molecular weight is 450 g/mol.